The molecule has 0 spiro atoms. The van der Waals surface area contributed by atoms with Gasteiger partial charge in [-0.25, -0.2) is 8.42 Å². The molecule has 21 heavy (non-hydrogen) atoms. The highest BCUT2D eigenvalue weighted by Gasteiger charge is 2.19. The van der Waals surface area contributed by atoms with Gasteiger partial charge in [0, 0.05) is 30.8 Å². The van der Waals surface area contributed by atoms with Crippen molar-refractivity contribution < 1.29 is 13.2 Å². The number of carbonyl (C=O) groups is 1. The molecule has 0 bridgehead atoms. The summed E-state index contributed by atoms with van der Waals surface area (Å²) in [6.07, 6.45) is 1.11. The zero-order valence-corrected chi connectivity index (χ0v) is 14.0. The van der Waals surface area contributed by atoms with Crippen molar-refractivity contribution in [1.29, 1.82) is 0 Å². The number of sulfone groups is 1. The molecular formula is C14H20N2O3S2. The van der Waals surface area contributed by atoms with Crippen molar-refractivity contribution in [3.63, 3.8) is 0 Å². The number of nitrogens with zero attached hydrogens (tertiary/aromatic N) is 1. The van der Waals surface area contributed by atoms with Crippen molar-refractivity contribution in [2.24, 2.45) is 11.7 Å². The first kappa shape index (κ1) is 17.6. The molecule has 2 N–H and O–H groups in total. The molecule has 0 saturated carbocycles. The van der Waals surface area contributed by atoms with E-state index in [1.54, 1.807) is 17.0 Å². The van der Waals surface area contributed by atoms with Crippen LogP contribution >= 0.6 is 12.2 Å². The Bertz CT molecular complexity index is 641. The Morgan fingerprint density at radius 1 is 1.43 bits per heavy atom. The summed E-state index contributed by atoms with van der Waals surface area (Å²) in [6, 6.07) is 6.03. The maximum Gasteiger partial charge on any atom is 0.253 e. The maximum absolute atomic E-state index is 12.5. The monoisotopic (exact) mass is 328 g/mol. The summed E-state index contributed by atoms with van der Waals surface area (Å²) in [6.45, 7) is 4.61. The van der Waals surface area contributed by atoms with Crippen LogP contribution in [-0.2, 0) is 9.84 Å². The van der Waals surface area contributed by atoms with Gasteiger partial charge in [-0.15, -0.1) is 0 Å². The van der Waals surface area contributed by atoms with Gasteiger partial charge in [0.1, 0.15) is 0 Å². The van der Waals surface area contributed by atoms with Crippen LogP contribution in [0.1, 0.15) is 24.2 Å². The van der Waals surface area contributed by atoms with E-state index in [9.17, 15) is 13.2 Å². The summed E-state index contributed by atoms with van der Waals surface area (Å²) >= 11 is 4.92. The molecule has 0 aliphatic carbocycles. The Morgan fingerprint density at radius 2 is 2.05 bits per heavy atom. The number of amides is 1. The predicted molar refractivity (Wildman–Crippen MR) is 87.1 cm³/mol. The molecule has 0 fully saturated rings. The molecule has 0 aromatic heterocycles. The normalized spacial score (nSPS) is 12.7. The van der Waals surface area contributed by atoms with Crippen LogP contribution in [0.5, 0.6) is 0 Å². The lowest BCUT2D eigenvalue weighted by Crippen LogP contribution is -2.38. The maximum atomic E-state index is 12.5. The van der Waals surface area contributed by atoms with Gasteiger partial charge in [0.05, 0.1) is 9.88 Å². The Hall–Kier alpha value is -1.47. The van der Waals surface area contributed by atoms with E-state index < -0.39 is 9.84 Å². The molecule has 1 aromatic carbocycles. The standard InChI is InChI=1S/C14H20N2O3S2/c1-4-16(9-10(2)13(15)20)14(17)11-6-5-7-12(8-11)21(3,18)19/h5-8,10H,4,9H2,1-3H3,(H2,15,20). The van der Waals surface area contributed by atoms with E-state index in [4.69, 9.17) is 18.0 Å². The second-order valence-electron chi connectivity index (χ2n) is 4.95. The molecule has 0 aliphatic heterocycles. The highest BCUT2D eigenvalue weighted by atomic mass is 32.2. The molecule has 7 heteroatoms. The Labute approximate surface area is 131 Å². The molecule has 0 heterocycles. The average Bonchev–Trinajstić information content (AvgIpc) is 2.42. The van der Waals surface area contributed by atoms with Crippen molar-refractivity contribution in [3.05, 3.63) is 29.8 Å². The minimum atomic E-state index is -3.34. The largest absolute Gasteiger partial charge is 0.393 e. The number of carbonyl (C=O) groups excluding carboxylic acids is 1. The van der Waals surface area contributed by atoms with Gasteiger partial charge in [-0.05, 0) is 25.1 Å². The molecule has 0 saturated heterocycles. The summed E-state index contributed by atoms with van der Waals surface area (Å²) in [7, 11) is -3.34. The summed E-state index contributed by atoms with van der Waals surface area (Å²) in [4.78, 5) is 14.5. The number of thiocarbonyl (C=S) groups is 1. The van der Waals surface area contributed by atoms with Crippen molar-refractivity contribution in [1.82, 2.24) is 4.90 Å². The van der Waals surface area contributed by atoms with Crippen molar-refractivity contribution in [2.75, 3.05) is 19.3 Å². The van der Waals surface area contributed by atoms with Crippen LogP contribution in [0.4, 0.5) is 0 Å². The van der Waals surface area contributed by atoms with E-state index in [2.05, 4.69) is 0 Å². The Kier molecular flexibility index (Phi) is 5.86. The van der Waals surface area contributed by atoms with Gasteiger partial charge >= 0.3 is 0 Å². The fourth-order valence-corrected chi connectivity index (χ4v) is 2.56. The minimum Gasteiger partial charge on any atom is -0.393 e. The number of hydrogen-bond acceptors (Lipinski definition) is 4. The first-order valence-electron chi connectivity index (χ1n) is 6.55. The third kappa shape index (κ3) is 4.78. The minimum absolute atomic E-state index is 0.0954. The smallest absolute Gasteiger partial charge is 0.253 e. The van der Waals surface area contributed by atoms with Crippen LogP contribution in [0.3, 0.4) is 0 Å². The summed E-state index contributed by atoms with van der Waals surface area (Å²) in [5, 5.41) is 0. The molecule has 0 aliphatic rings. The zero-order valence-electron chi connectivity index (χ0n) is 12.4. The summed E-state index contributed by atoms with van der Waals surface area (Å²) < 4.78 is 23.1. The number of benzene rings is 1. The SMILES string of the molecule is CCN(CC(C)C(N)=S)C(=O)c1cccc(S(C)(=O)=O)c1. The fourth-order valence-electron chi connectivity index (χ4n) is 1.82. The molecule has 1 rings (SSSR count). The van der Waals surface area contributed by atoms with Crippen LogP contribution in [0.25, 0.3) is 0 Å². The fraction of sp³-hybridized carbons (Fsp3) is 0.429. The third-order valence-electron chi connectivity index (χ3n) is 3.16. The van der Waals surface area contributed by atoms with E-state index in [0.29, 0.717) is 23.6 Å². The number of nitrogens with two attached hydrogens (primary N) is 1. The molecule has 116 valence electrons. The molecule has 1 atom stereocenters. The molecular weight excluding hydrogens is 308 g/mol. The zero-order chi connectivity index (χ0) is 16.2. The molecule has 1 unspecified atom stereocenters. The van der Waals surface area contributed by atoms with Crippen LogP contribution < -0.4 is 5.73 Å². The van der Waals surface area contributed by atoms with Gasteiger partial charge in [0.2, 0.25) is 0 Å². The lowest BCUT2D eigenvalue weighted by Gasteiger charge is -2.24. The lowest BCUT2D eigenvalue weighted by atomic mass is 10.1. The van der Waals surface area contributed by atoms with Gasteiger partial charge in [-0.3, -0.25) is 4.79 Å². The highest BCUT2D eigenvalue weighted by Crippen LogP contribution is 2.14. The second kappa shape index (κ2) is 7.00. The number of hydrogen-bond donors (Lipinski definition) is 1. The molecule has 5 nitrogen and oxygen atoms in total. The van der Waals surface area contributed by atoms with Gasteiger partial charge in [-0.2, -0.15) is 0 Å². The van der Waals surface area contributed by atoms with E-state index in [1.807, 2.05) is 13.8 Å². The van der Waals surface area contributed by atoms with E-state index in [-0.39, 0.29) is 16.7 Å². The molecule has 1 aromatic rings. The number of rotatable bonds is 6. The van der Waals surface area contributed by atoms with Crippen molar-refractivity contribution >= 4 is 33.0 Å². The first-order valence-corrected chi connectivity index (χ1v) is 8.85. The van der Waals surface area contributed by atoms with Crippen molar-refractivity contribution in [2.45, 2.75) is 18.7 Å². The molecule has 1 amide bonds. The van der Waals surface area contributed by atoms with Gasteiger partial charge < -0.3 is 10.6 Å². The van der Waals surface area contributed by atoms with Crippen molar-refractivity contribution in [3.8, 4) is 0 Å². The van der Waals surface area contributed by atoms with Crippen LogP contribution in [0, 0.1) is 5.92 Å². The summed E-state index contributed by atoms with van der Waals surface area (Å²) in [5.74, 6) is -0.326. The van der Waals surface area contributed by atoms with E-state index in [0.717, 1.165) is 6.26 Å². The third-order valence-corrected chi connectivity index (χ3v) is 4.67. The predicted octanol–water partition coefficient (Wildman–Crippen LogP) is 1.47. The quantitative estimate of drug-likeness (QED) is 0.800. The highest BCUT2D eigenvalue weighted by molar-refractivity contribution is 7.90. The van der Waals surface area contributed by atoms with Crippen LogP contribution in [0.2, 0.25) is 0 Å². The van der Waals surface area contributed by atoms with Gasteiger partial charge in [-0.1, -0.05) is 25.2 Å². The topological polar surface area (TPSA) is 80.5 Å². The Morgan fingerprint density at radius 3 is 2.52 bits per heavy atom. The van der Waals surface area contributed by atoms with Crippen LogP contribution in [0.15, 0.2) is 29.2 Å². The van der Waals surface area contributed by atoms with Crippen LogP contribution in [-0.4, -0.2) is 43.6 Å². The van der Waals surface area contributed by atoms with Gasteiger partial charge in [0.25, 0.3) is 5.91 Å². The van der Waals surface area contributed by atoms with E-state index in [1.165, 1.54) is 12.1 Å². The Balaban J connectivity index is 3.03. The lowest BCUT2D eigenvalue weighted by molar-refractivity contribution is 0.0754. The first-order chi connectivity index (χ1) is 9.66. The molecule has 0 radical (unpaired) electrons. The average molecular weight is 328 g/mol. The second-order valence-corrected chi connectivity index (χ2v) is 7.43. The summed E-state index contributed by atoms with van der Waals surface area (Å²) in [5.41, 5.74) is 5.92. The van der Waals surface area contributed by atoms with E-state index >= 15 is 0 Å². The van der Waals surface area contributed by atoms with Gasteiger partial charge in [0.15, 0.2) is 9.84 Å².